The zero-order valence-corrected chi connectivity index (χ0v) is 81.3. The van der Waals surface area contributed by atoms with Gasteiger partial charge >= 0.3 is 0 Å². The second kappa shape index (κ2) is 41.2. The molecule has 0 atom stereocenters. The molecule has 0 fully saturated rings. The van der Waals surface area contributed by atoms with Crippen LogP contribution in [0.5, 0.6) is 0 Å². The summed E-state index contributed by atoms with van der Waals surface area (Å²) in [6.07, 6.45) is 5.59. The summed E-state index contributed by atoms with van der Waals surface area (Å²) >= 11 is 0. The Balaban J connectivity index is 0.000000116. The Kier molecular flexibility index (Phi) is 25.0. The van der Waals surface area contributed by atoms with Crippen molar-refractivity contribution in [2.24, 2.45) is 0 Å². The number of aromatic nitrogens is 12. The molecule has 6 heterocycles. The van der Waals surface area contributed by atoms with Crippen molar-refractivity contribution in [2.75, 3.05) is 0 Å². The second-order valence-electron chi connectivity index (χ2n) is 37.0. The summed E-state index contributed by atoms with van der Waals surface area (Å²) in [5, 5.41) is 10.7. The van der Waals surface area contributed by atoms with Crippen LogP contribution in [0, 0.1) is 0 Å². The highest BCUT2D eigenvalue weighted by atomic mass is 15.1. The smallest absolute Gasteiger partial charge is 0.164 e. The molecule has 702 valence electrons. The van der Waals surface area contributed by atoms with Gasteiger partial charge in [-0.15, -0.1) is 0 Å². The molecule has 0 amide bonds. The molecule has 12 nitrogen and oxygen atoms in total. The van der Waals surface area contributed by atoms with Crippen molar-refractivity contribution in [3.8, 4) is 203 Å². The van der Waals surface area contributed by atoms with Crippen LogP contribution in [0.25, 0.3) is 268 Å². The van der Waals surface area contributed by atoms with E-state index in [1.165, 1.54) is 88.0 Å². The van der Waals surface area contributed by atoms with Gasteiger partial charge in [0.15, 0.2) is 52.4 Å². The van der Waals surface area contributed by atoms with E-state index in [2.05, 4.69) is 343 Å². The first-order chi connectivity index (χ1) is 74.2. The van der Waals surface area contributed by atoms with Gasteiger partial charge in [-0.25, -0.2) is 44.9 Å². The molecule has 0 bridgehead atoms. The molecule has 0 aliphatic carbocycles. The molecule has 0 unspecified atom stereocenters. The van der Waals surface area contributed by atoms with Crippen LogP contribution in [0.2, 0.25) is 0 Å². The minimum atomic E-state index is 0.648. The molecular formula is C138H90N12. The Morgan fingerprint density at radius 2 is 0.313 bits per heavy atom. The van der Waals surface area contributed by atoms with Crippen LogP contribution in [-0.2, 0) is 0 Å². The lowest BCUT2D eigenvalue weighted by molar-refractivity contribution is 1.07. The third kappa shape index (κ3) is 19.4. The Morgan fingerprint density at radius 3 is 0.627 bits per heavy atom. The molecule has 27 aromatic rings. The highest BCUT2D eigenvalue weighted by Crippen LogP contribution is 2.41. The van der Waals surface area contributed by atoms with Crippen LogP contribution in [-0.4, -0.2) is 59.8 Å². The first-order valence-electron chi connectivity index (χ1n) is 50.1. The standard InChI is InChI=1S/3C46H30N4/c1-3-9-36(10-4-1)44-48-45(37-11-5-2-6-12-37)50-46(49-44)38-24-18-32(19-25-38)40-27-21-33-20-26-39(29-41(33)30-40)31-16-22-34(23-17-31)42-15-7-13-35-14-8-28-47-43(35)42;1-3-9-35(10-4-1)44-48-45(36-11-5-2-6-12-36)50-46(49-44)37-24-18-32(19-25-37)39-27-21-33-20-26-38(29-40(33)30-39)31-16-22-34(23-17-31)41-13-7-15-43-42(41)14-8-28-47-43;1-3-9-35(10-4-1)44-48-45(36-11-5-2-6-12-36)50-46(49-44)37-23-17-32(18-24-37)39-26-20-33-19-25-38(29-40(33)30-39)31-15-21-34(22-16-31)41-27-28-47-43-14-8-7-13-42(41)43/h3*1-30H. The van der Waals surface area contributed by atoms with Crippen molar-refractivity contribution in [3.63, 3.8) is 0 Å². The maximum atomic E-state index is 4.89. The van der Waals surface area contributed by atoms with E-state index in [1.807, 2.05) is 219 Å². The number of hydrogen-bond donors (Lipinski definition) is 0. The van der Waals surface area contributed by atoms with E-state index in [4.69, 9.17) is 44.9 Å². The van der Waals surface area contributed by atoms with Gasteiger partial charge < -0.3 is 0 Å². The van der Waals surface area contributed by atoms with E-state index in [1.54, 1.807) is 0 Å². The molecule has 12 heteroatoms. The van der Waals surface area contributed by atoms with Gasteiger partial charge in [0, 0.05) is 90.4 Å². The van der Waals surface area contributed by atoms with Crippen molar-refractivity contribution in [1.82, 2.24) is 59.8 Å². The fourth-order valence-electron chi connectivity index (χ4n) is 19.6. The van der Waals surface area contributed by atoms with Gasteiger partial charge in [-0.05, 0) is 194 Å². The van der Waals surface area contributed by atoms with Gasteiger partial charge in [0.1, 0.15) is 0 Å². The van der Waals surface area contributed by atoms with Crippen LogP contribution < -0.4 is 0 Å². The molecule has 6 aromatic heterocycles. The molecule has 0 aliphatic rings. The van der Waals surface area contributed by atoms with Gasteiger partial charge in [0.05, 0.1) is 16.6 Å². The van der Waals surface area contributed by atoms with E-state index in [9.17, 15) is 0 Å². The van der Waals surface area contributed by atoms with E-state index < -0.39 is 0 Å². The maximum absolute atomic E-state index is 4.89. The summed E-state index contributed by atoms with van der Waals surface area (Å²) in [5.74, 6) is 5.89. The highest BCUT2D eigenvalue weighted by molar-refractivity contribution is 6.00. The van der Waals surface area contributed by atoms with Gasteiger partial charge in [-0.3, -0.25) is 15.0 Å². The molecule has 0 radical (unpaired) electrons. The Bertz CT molecular complexity index is 8540. The summed E-state index contributed by atoms with van der Waals surface area (Å²) < 4.78 is 0. The Labute approximate surface area is 867 Å². The molecule has 0 aliphatic heterocycles. The number of benzene rings is 21. The van der Waals surface area contributed by atoms with Crippen molar-refractivity contribution < 1.29 is 0 Å². The zero-order valence-electron chi connectivity index (χ0n) is 81.3. The third-order valence-electron chi connectivity index (χ3n) is 27.6. The summed E-state index contributed by atoms with van der Waals surface area (Å²) in [4.78, 5) is 57.5. The van der Waals surface area contributed by atoms with Gasteiger partial charge in [0.25, 0.3) is 0 Å². The largest absolute Gasteiger partial charge is 0.256 e. The maximum Gasteiger partial charge on any atom is 0.164 e. The predicted octanol–water partition coefficient (Wildman–Crippen LogP) is 34.7. The van der Waals surface area contributed by atoms with E-state index >= 15 is 0 Å². The molecular weight excluding hydrogens is 1830 g/mol. The number of nitrogens with zero attached hydrogens (tertiary/aromatic N) is 12. The van der Waals surface area contributed by atoms with E-state index in [0.29, 0.717) is 52.4 Å². The van der Waals surface area contributed by atoms with Crippen molar-refractivity contribution >= 4 is 65.0 Å². The van der Waals surface area contributed by atoms with Crippen LogP contribution in [0.15, 0.2) is 546 Å². The number of pyridine rings is 3. The molecule has 27 rings (SSSR count). The number of rotatable bonds is 18. The average Bonchev–Trinajstić information content (AvgIpc) is 0.798. The van der Waals surface area contributed by atoms with Crippen molar-refractivity contribution in [2.45, 2.75) is 0 Å². The summed E-state index contributed by atoms with van der Waals surface area (Å²) in [5.41, 5.74) is 32.7. The minimum absolute atomic E-state index is 0.648. The quantitative estimate of drug-likeness (QED) is 0.0803. The van der Waals surface area contributed by atoms with Crippen LogP contribution >= 0.6 is 0 Å². The van der Waals surface area contributed by atoms with E-state index in [-0.39, 0.29) is 0 Å². The van der Waals surface area contributed by atoms with Crippen LogP contribution in [0.1, 0.15) is 0 Å². The van der Waals surface area contributed by atoms with E-state index in [0.717, 1.165) is 127 Å². The normalized spacial score (nSPS) is 11.2. The fraction of sp³-hybridized carbons (Fsp3) is 0. The summed E-state index contributed by atoms with van der Waals surface area (Å²) in [7, 11) is 0. The molecule has 0 N–H and O–H groups in total. The number of fused-ring (bicyclic) bond motifs is 6. The van der Waals surface area contributed by atoms with Crippen molar-refractivity contribution in [3.05, 3.63) is 546 Å². The summed E-state index contributed by atoms with van der Waals surface area (Å²) in [6.45, 7) is 0. The van der Waals surface area contributed by atoms with Gasteiger partial charge in [0.2, 0.25) is 0 Å². The lowest BCUT2D eigenvalue weighted by atomic mass is 9.95. The molecule has 0 saturated carbocycles. The number of hydrogen-bond acceptors (Lipinski definition) is 12. The topological polar surface area (TPSA) is 155 Å². The lowest BCUT2D eigenvalue weighted by Crippen LogP contribution is -2.00. The van der Waals surface area contributed by atoms with Gasteiger partial charge in [-0.1, -0.05) is 461 Å². The van der Waals surface area contributed by atoms with Gasteiger partial charge in [-0.2, -0.15) is 0 Å². The average molecular weight is 1920 g/mol. The van der Waals surface area contributed by atoms with Crippen LogP contribution in [0.3, 0.4) is 0 Å². The molecule has 0 saturated heterocycles. The number of para-hydroxylation sites is 2. The molecule has 150 heavy (non-hydrogen) atoms. The van der Waals surface area contributed by atoms with Crippen LogP contribution in [0.4, 0.5) is 0 Å². The lowest BCUT2D eigenvalue weighted by Gasteiger charge is -2.10. The molecule has 0 spiro atoms. The minimum Gasteiger partial charge on any atom is -0.256 e. The third-order valence-corrected chi connectivity index (χ3v) is 27.6. The first-order valence-corrected chi connectivity index (χ1v) is 50.1. The highest BCUT2D eigenvalue weighted by Gasteiger charge is 2.21. The fourth-order valence-corrected chi connectivity index (χ4v) is 19.6. The predicted molar refractivity (Wildman–Crippen MR) is 616 cm³/mol. The second-order valence-corrected chi connectivity index (χ2v) is 37.0. The van der Waals surface area contributed by atoms with Crippen molar-refractivity contribution in [1.29, 1.82) is 0 Å². The molecule has 21 aromatic carbocycles. The first kappa shape index (κ1) is 90.9. The zero-order chi connectivity index (χ0) is 99.8. The Morgan fingerprint density at radius 1 is 0.107 bits per heavy atom. The Hall–Kier alpha value is -20.3. The summed E-state index contributed by atoms with van der Waals surface area (Å²) in [6, 6.07) is 184. The SMILES string of the molecule is c1ccc(-c2nc(-c3ccccc3)nc(-c3ccc(-c4ccc5ccc(-c6ccc(-c7cccc8cccnc78)cc6)cc5c4)cc3)n2)cc1.c1ccc(-c2nc(-c3ccccc3)nc(-c3ccc(-c4ccc5ccc(-c6ccc(-c7cccc8ncccc78)cc6)cc5c4)cc3)n2)cc1.c1ccc(-c2nc(-c3ccccc3)nc(-c3ccc(-c4ccc5ccc(-c6ccc(-c7ccnc8ccccc78)cc6)cc5c4)cc3)n2)cc1. The monoisotopic (exact) mass is 1910 g/mol.